The SMILES string of the molecule is N#CCC(=O)CCOc1ccc(F)cc1F. The number of halogens is 2. The molecular formula is C11H9F2NO2. The highest BCUT2D eigenvalue weighted by Gasteiger charge is 2.06. The zero-order valence-corrected chi connectivity index (χ0v) is 8.37. The molecule has 1 aromatic carbocycles. The highest BCUT2D eigenvalue weighted by Crippen LogP contribution is 2.17. The molecule has 0 saturated carbocycles. The van der Waals surface area contributed by atoms with E-state index in [4.69, 9.17) is 10.00 Å². The minimum Gasteiger partial charge on any atom is -0.490 e. The van der Waals surface area contributed by atoms with Gasteiger partial charge in [-0.3, -0.25) is 4.79 Å². The van der Waals surface area contributed by atoms with Crippen molar-refractivity contribution in [2.45, 2.75) is 12.8 Å². The first-order valence-electron chi connectivity index (χ1n) is 4.60. The Labute approximate surface area is 91.3 Å². The molecule has 1 rings (SSSR count). The van der Waals surface area contributed by atoms with Crippen molar-refractivity contribution in [1.82, 2.24) is 0 Å². The smallest absolute Gasteiger partial charge is 0.167 e. The van der Waals surface area contributed by atoms with E-state index in [1.54, 1.807) is 6.07 Å². The van der Waals surface area contributed by atoms with Gasteiger partial charge in [0.2, 0.25) is 0 Å². The lowest BCUT2D eigenvalue weighted by atomic mass is 10.2. The standard InChI is InChI=1S/C11H9F2NO2/c12-8-1-2-11(10(13)7-8)16-6-4-9(15)3-5-14/h1-2,7H,3-4,6H2. The van der Waals surface area contributed by atoms with E-state index in [2.05, 4.69) is 0 Å². The van der Waals surface area contributed by atoms with Crippen LogP contribution >= 0.6 is 0 Å². The molecule has 84 valence electrons. The van der Waals surface area contributed by atoms with E-state index in [0.29, 0.717) is 6.07 Å². The van der Waals surface area contributed by atoms with E-state index in [-0.39, 0.29) is 31.0 Å². The zero-order valence-electron chi connectivity index (χ0n) is 8.37. The van der Waals surface area contributed by atoms with Crippen molar-refractivity contribution < 1.29 is 18.3 Å². The van der Waals surface area contributed by atoms with Crippen molar-refractivity contribution in [3.8, 4) is 11.8 Å². The van der Waals surface area contributed by atoms with Gasteiger partial charge in [-0.15, -0.1) is 0 Å². The lowest BCUT2D eigenvalue weighted by molar-refractivity contribution is -0.118. The highest BCUT2D eigenvalue weighted by molar-refractivity contribution is 5.80. The summed E-state index contributed by atoms with van der Waals surface area (Å²) in [7, 11) is 0. The summed E-state index contributed by atoms with van der Waals surface area (Å²) in [6.45, 7) is -0.0247. The topological polar surface area (TPSA) is 50.1 Å². The van der Waals surface area contributed by atoms with Crippen molar-refractivity contribution in [2.75, 3.05) is 6.61 Å². The van der Waals surface area contributed by atoms with Gasteiger partial charge >= 0.3 is 0 Å². The van der Waals surface area contributed by atoms with E-state index >= 15 is 0 Å². The molecule has 0 bridgehead atoms. The molecular weight excluding hydrogens is 216 g/mol. The Bertz CT molecular complexity index is 426. The van der Waals surface area contributed by atoms with Gasteiger partial charge < -0.3 is 4.74 Å². The van der Waals surface area contributed by atoms with Crippen LogP contribution in [-0.4, -0.2) is 12.4 Å². The first-order valence-corrected chi connectivity index (χ1v) is 4.60. The van der Waals surface area contributed by atoms with Crippen LogP contribution in [0.5, 0.6) is 5.75 Å². The fourth-order valence-electron chi connectivity index (χ4n) is 1.04. The van der Waals surface area contributed by atoms with Crippen LogP contribution in [-0.2, 0) is 4.79 Å². The molecule has 0 atom stereocenters. The highest BCUT2D eigenvalue weighted by atomic mass is 19.1. The van der Waals surface area contributed by atoms with E-state index in [1.165, 1.54) is 0 Å². The predicted molar refractivity (Wildman–Crippen MR) is 51.7 cm³/mol. The Morgan fingerprint density at radius 3 is 2.81 bits per heavy atom. The molecule has 0 N–H and O–H groups in total. The summed E-state index contributed by atoms with van der Waals surface area (Å²) in [5.41, 5.74) is 0. The van der Waals surface area contributed by atoms with Gasteiger partial charge in [0.1, 0.15) is 11.6 Å². The number of hydrogen-bond acceptors (Lipinski definition) is 3. The number of benzene rings is 1. The van der Waals surface area contributed by atoms with E-state index in [1.807, 2.05) is 0 Å². The fourth-order valence-corrected chi connectivity index (χ4v) is 1.04. The Morgan fingerprint density at radius 1 is 1.44 bits per heavy atom. The van der Waals surface area contributed by atoms with Crippen LogP contribution in [0.15, 0.2) is 18.2 Å². The maximum Gasteiger partial charge on any atom is 0.167 e. The predicted octanol–water partition coefficient (Wildman–Crippen LogP) is 2.22. The van der Waals surface area contributed by atoms with Gasteiger partial charge in [-0.25, -0.2) is 8.78 Å². The number of nitriles is 1. The van der Waals surface area contributed by atoms with Crippen molar-refractivity contribution >= 4 is 5.78 Å². The lowest BCUT2D eigenvalue weighted by Gasteiger charge is -2.05. The summed E-state index contributed by atoms with van der Waals surface area (Å²) in [6.07, 6.45) is -0.153. The number of hydrogen-bond donors (Lipinski definition) is 0. The van der Waals surface area contributed by atoms with Crippen LogP contribution in [0.25, 0.3) is 0 Å². The second kappa shape index (κ2) is 5.81. The fraction of sp³-hybridized carbons (Fsp3) is 0.273. The van der Waals surface area contributed by atoms with E-state index in [0.717, 1.165) is 12.1 Å². The van der Waals surface area contributed by atoms with Gasteiger partial charge in [0.25, 0.3) is 0 Å². The molecule has 0 spiro atoms. The van der Waals surface area contributed by atoms with Gasteiger partial charge in [0.15, 0.2) is 11.6 Å². The summed E-state index contributed by atoms with van der Waals surface area (Å²) in [5, 5.41) is 8.21. The molecule has 0 amide bonds. The molecule has 5 heteroatoms. The number of rotatable bonds is 5. The van der Waals surface area contributed by atoms with Crippen LogP contribution in [0.4, 0.5) is 8.78 Å². The normalized spacial score (nSPS) is 9.56. The third kappa shape index (κ3) is 3.65. The molecule has 0 aromatic heterocycles. The van der Waals surface area contributed by atoms with E-state index < -0.39 is 11.6 Å². The molecule has 0 aliphatic carbocycles. The molecule has 3 nitrogen and oxygen atoms in total. The van der Waals surface area contributed by atoms with Gasteiger partial charge in [0.05, 0.1) is 19.1 Å². The van der Waals surface area contributed by atoms with Crippen LogP contribution in [0.3, 0.4) is 0 Å². The third-order valence-corrected chi connectivity index (χ3v) is 1.81. The summed E-state index contributed by atoms with van der Waals surface area (Å²) in [4.78, 5) is 10.9. The van der Waals surface area contributed by atoms with Crippen LogP contribution in [0.1, 0.15) is 12.8 Å². The van der Waals surface area contributed by atoms with Crippen molar-refractivity contribution in [2.24, 2.45) is 0 Å². The maximum atomic E-state index is 13.0. The van der Waals surface area contributed by atoms with Crippen molar-refractivity contribution in [1.29, 1.82) is 5.26 Å². The minimum atomic E-state index is -0.812. The maximum absolute atomic E-state index is 13.0. The zero-order chi connectivity index (χ0) is 12.0. The van der Waals surface area contributed by atoms with E-state index in [9.17, 15) is 13.6 Å². The molecule has 0 saturated heterocycles. The number of carbonyl (C=O) groups is 1. The largest absolute Gasteiger partial charge is 0.490 e. The molecule has 0 fully saturated rings. The van der Waals surface area contributed by atoms with Gasteiger partial charge in [-0.05, 0) is 12.1 Å². The lowest BCUT2D eigenvalue weighted by Crippen LogP contribution is -2.06. The number of ether oxygens (including phenoxy) is 1. The first kappa shape index (κ1) is 12.1. The molecule has 16 heavy (non-hydrogen) atoms. The Balaban J connectivity index is 2.44. The summed E-state index contributed by atoms with van der Waals surface area (Å²) in [5.74, 6) is -1.88. The van der Waals surface area contributed by atoms with Crippen LogP contribution in [0.2, 0.25) is 0 Å². The van der Waals surface area contributed by atoms with Gasteiger partial charge in [-0.1, -0.05) is 0 Å². The first-order chi connectivity index (χ1) is 7.63. The Kier molecular flexibility index (Phi) is 4.40. The second-order valence-electron chi connectivity index (χ2n) is 3.05. The third-order valence-electron chi connectivity index (χ3n) is 1.81. The van der Waals surface area contributed by atoms with Crippen LogP contribution in [0, 0.1) is 23.0 Å². The van der Waals surface area contributed by atoms with Gasteiger partial charge in [-0.2, -0.15) is 5.26 Å². The molecule has 0 heterocycles. The van der Waals surface area contributed by atoms with Crippen molar-refractivity contribution in [3.63, 3.8) is 0 Å². The molecule has 0 aliphatic heterocycles. The molecule has 0 aliphatic rings. The number of ketones is 1. The molecule has 1 aromatic rings. The Morgan fingerprint density at radius 2 is 2.19 bits per heavy atom. The quantitative estimate of drug-likeness (QED) is 0.771. The summed E-state index contributed by atoms with van der Waals surface area (Å²) in [6, 6.07) is 4.62. The average molecular weight is 225 g/mol. The molecule has 0 unspecified atom stereocenters. The Hall–Kier alpha value is -1.96. The minimum absolute atomic E-state index is 0.0247. The average Bonchev–Trinajstić information content (AvgIpc) is 2.22. The van der Waals surface area contributed by atoms with Crippen molar-refractivity contribution in [3.05, 3.63) is 29.8 Å². The monoisotopic (exact) mass is 225 g/mol. The second-order valence-corrected chi connectivity index (χ2v) is 3.05. The number of nitrogens with zero attached hydrogens (tertiary/aromatic N) is 1. The number of Topliss-reactive ketones (excluding diaryl/α,β-unsaturated/α-hetero) is 1. The molecule has 0 radical (unpaired) electrons. The number of carbonyl (C=O) groups excluding carboxylic acids is 1. The van der Waals surface area contributed by atoms with Crippen LogP contribution < -0.4 is 4.74 Å². The summed E-state index contributed by atoms with van der Waals surface area (Å²) < 4.78 is 30.5. The summed E-state index contributed by atoms with van der Waals surface area (Å²) >= 11 is 0. The van der Waals surface area contributed by atoms with Gasteiger partial charge in [0, 0.05) is 12.5 Å².